The molecule has 0 aliphatic carbocycles. The Kier molecular flexibility index (Phi) is 4.82. The second kappa shape index (κ2) is 6.69. The number of fused-ring (bicyclic) bond motifs is 2. The van der Waals surface area contributed by atoms with E-state index >= 15 is 0 Å². The fourth-order valence-electron chi connectivity index (χ4n) is 3.80. The summed E-state index contributed by atoms with van der Waals surface area (Å²) in [6.07, 6.45) is 2.88. The monoisotopic (exact) mass is 357 g/mol. The maximum Gasteiger partial charge on any atom is 0.410 e. The van der Waals surface area contributed by atoms with Crippen molar-refractivity contribution in [3.63, 3.8) is 0 Å². The first-order chi connectivity index (χ1) is 10.9. The van der Waals surface area contributed by atoms with Crippen LogP contribution in [0.3, 0.4) is 0 Å². The van der Waals surface area contributed by atoms with Crippen LogP contribution in [0, 0.1) is 5.92 Å². The van der Waals surface area contributed by atoms with E-state index in [1.54, 1.807) is 4.90 Å². The lowest BCUT2D eigenvalue weighted by molar-refractivity contribution is 0.0557. The van der Waals surface area contributed by atoms with Gasteiger partial charge in [0.1, 0.15) is 6.61 Å². The van der Waals surface area contributed by atoms with Crippen LogP contribution in [0.5, 0.6) is 0 Å². The number of piperidine rings is 1. The molecule has 5 nitrogen and oxygen atoms in total. The van der Waals surface area contributed by atoms with Crippen LogP contribution in [0.1, 0.15) is 31.2 Å². The average molecular weight is 358 g/mol. The SMILES string of the molecule is O=C(OCc1ccccc1)N1C2CCC1CC(CS(=O)(=O)Cl)C2. The van der Waals surface area contributed by atoms with Gasteiger partial charge in [-0.25, -0.2) is 13.2 Å². The molecule has 126 valence electrons. The quantitative estimate of drug-likeness (QED) is 0.776. The second-order valence-corrected chi connectivity index (χ2v) is 9.20. The Morgan fingerprint density at radius 3 is 2.35 bits per heavy atom. The summed E-state index contributed by atoms with van der Waals surface area (Å²) < 4.78 is 28.0. The van der Waals surface area contributed by atoms with Gasteiger partial charge in [-0.15, -0.1) is 0 Å². The third-order valence-electron chi connectivity index (χ3n) is 4.68. The van der Waals surface area contributed by atoms with Gasteiger partial charge in [0.05, 0.1) is 5.75 Å². The summed E-state index contributed by atoms with van der Waals surface area (Å²) in [7, 11) is 1.88. The molecule has 0 spiro atoms. The molecule has 1 aromatic carbocycles. The van der Waals surface area contributed by atoms with Crippen molar-refractivity contribution in [1.82, 2.24) is 4.90 Å². The Bertz CT molecular complexity index is 650. The van der Waals surface area contributed by atoms with E-state index in [2.05, 4.69) is 0 Å². The molecule has 3 rings (SSSR count). The van der Waals surface area contributed by atoms with Crippen molar-refractivity contribution in [3.8, 4) is 0 Å². The highest BCUT2D eigenvalue weighted by molar-refractivity contribution is 8.13. The number of hydrogen-bond acceptors (Lipinski definition) is 4. The first-order valence-corrected chi connectivity index (χ1v) is 10.3. The van der Waals surface area contributed by atoms with Gasteiger partial charge >= 0.3 is 6.09 Å². The van der Waals surface area contributed by atoms with Crippen molar-refractivity contribution >= 4 is 25.8 Å². The molecule has 1 amide bonds. The molecule has 2 fully saturated rings. The predicted molar refractivity (Wildman–Crippen MR) is 87.6 cm³/mol. The Morgan fingerprint density at radius 2 is 1.78 bits per heavy atom. The van der Waals surface area contributed by atoms with E-state index < -0.39 is 9.05 Å². The molecule has 23 heavy (non-hydrogen) atoms. The zero-order valence-corrected chi connectivity index (χ0v) is 14.3. The van der Waals surface area contributed by atoms with Gasteiger partial charge in [0.25, 0.3) is 0 Å². The maximum atomic E-state index is 12.4. The lowest BCUT2D eigenvalue weighted by Gasteiger charge is -2.37. The number of nitrogens with zero attached hydrogens (tertiary/aromatic N) is 1. The fourth-order valence-corrected chi connectivity index (χ4v) is 5.17. The molecule has 2 atom stereocenters. The van der Waals surface area contributed by atoms with Gasteiger partial charge in [-0.1, -0.05) is 30.3 Å². The number of ether oxygens (including phenoxy) is 1. The summed E-state index contributed by atoms with van der Waals surface area (Å²) in [4.78, 5) is 14.2. The number of hydrogen-bond donors (Lipinski definition) is 0. The van der Waals surface area contributed by atoms with E-state index in [-0.39, 0.29) is 36.5 Å². The zero-order valence-electron chi connectivity index (χ0n) is 12.7. The fraction of sp³-hybridized carbons (Fsp3) is 0.562. The van der Waals surface area contributed by atoms with E-state index in [9.17, 15) is 13.2 Å². The highest BCUT2D eigenvalue weighted by Crippen LogP contribution is 2.39. The molecule has 2 saturated heterocycles. The van der Waals surface area contributed by atoms with Crippen LogP contribution < -0.4 is 0 Å². The van der Waals surface area contributed by atoms with Crippen molar-refractivity contribution in [2.75, 3.05) is 5.75 Å². The van der Waals surface area contributed by atoms with Gasteiger partial charge in [-0.05, 0) is 37.2 Å². The molecule has 0 radical (unpaired) electrons. The van der Waals surface area contributed by atoms with Crippen LogP contribution in [-0.2, 0) is 20.4 Å². The molecule has 0 N–H and O–H groups in total. The Hall–Kier alpha value is -1.27. The zero-order chi connectivity index (χ0) is 16.4. The summed E-state index contributed by atoms with van der Waals surface area (Å²) in [5.74, 6) is 0.0298. The highest BCUT2D eigenvalue weighted by atomic mass is 35.7. The largest absolute Gasteiger partial charge is 0.445 e. The minimum atomic E-state index is -3.49. The van der Waals surface area contributed by atoms with Crippen molar-refractivity contribution in [2.24, 2.45) is 5.92 Å². The van der Waals surface area contributed by atoms with E-state index in [1.807, 2.05) is 30.3 Å². The topological polar surface area (TPSA) is 63.7 Å². The number of carbonyl (C=O) groups is 1. The van der Waals surface area contributed by atoms with Crippen molar-refractivity contribution in [2.45, 2.75) is 44.4 Å². The molecule has 2 aliphatic rings. The van der Waals surface area contributed by atoms with Gasteiger partial charge in [0, 0.05) is 22.8 Å². The van der Waals surface area contributed by atoms with Gasteiger partial charge in [-0.3, -0.25) is 0 Å². The number of amides is 1. The molecule has 1 aromatic rings. The number of carbonyl (C=O) groups excluding carboxylic acids is 1. The van der Waals surface area contributed by atoms with E-state index in [0.717, 1.165) is 18.4 Å². The molecule has 2 unspecified atom stereocenters. The number of halogens is 1. The van der Waals surface area contributed by atoms with Crippen LogP contribution in [-0.4, -0.2) is 37.2 Å². The molecular weight excluding hydrogens is 338 g/mol. The van der Waals surface area contributed by atoms with Crippen molar-refractivity contribution in [3.05, 3.63) is 35.9 Å². The van der Waals surface area contributed by atoms with Gasteiger partial charge < -0.3 is 9.64 Å². The summed E-state index contributed by atoms with van der Waals surface area (Å²) >= 11 is 0. The summed E-state index contributed by atoms with van der Waals surface area (Å²) in [5.41, 5.74) is 0.955. The van der Waals surface area contributed by atoms with E-state index in [1.165, 1.54) is 0 Å². The third kappa shape index (κ3) is 4.18. The van der Waals surface area contributed by atoms with Gasteiger partial charge in [-0.2, -0.15) is 0 Å². The minimum Gasteiger partial charge on any atom is -0.445 e. The predicted octanol–water partition coefficient (Wildman–Crippen LogP) is 3.13. The smallest absolute Gasteiger partial charge is 0.410 e. The van der Waals surface area contributed by atoms with Crippen LogP contribution in [0.15, 0.2) is 30.3 Å². The lowest BCUT2D eigenvalue weighted by Crippen LogP contribution is -2.47. The van der Waals surface area contributed by atoms with Gasteiger partial charge in [0.2, 0.25) is 9.05 Å². The second-order valence-electron chi connectivity index (χ2n) is 6.38. The number of rotatable bonds is 4. The molecule has 0 saturated carbocycles. The van der Waals surface area contributed by atoms with Crippen LogP contribution in [0.4, 0.5) is 4.79 Å². The lowest BCUT2D eigenvalue weighted by atomic mass is 9.92. The molecule has 2 heterocycles. The van der Waals surface area contributed by atoms with Crippen LogP contribution >= 0.6 is 10.7 Å². The maximum absolute atomic E-state index is 12.4. The van der Waals surface area contributed by atoms with E-state index in [0.29, 0.717) is 12.8 Å². The average Bonchev–Trinajstić information content (AvgIpc) is 2.76. The summed E-state index contributed by atoms with van der Waals surface area (Å²) in [5, 5.41) is 0. The Balaban J connectivity index is 1.58. The highest BCUT2D eigenvalue weighted by Gasteiger charge is 2.44. The van der Waals surface area contributed by atoms with Crippen LogP contribution in [0.25, 0.3) is 0 Å². The third-order valence-corrected chi connectivity index (χ3v) is 5.93. The number of benzene rings is 1. The molecular formula is C16H20ClNO4S. The molecule has 2 bridgehead atoms. The Labute approximate surface area is 141 Å². The minimum absolute atomic E-state index is 0.00550. The van der Waals surface area contributed by atoms with E-state index in [4.69, 9.17) is 15.4 Å². The summed E-state index contributed by atoms with van der Waals surface area (Å²) in [6.45, 7) is 0.259. The first kappa shape index (κ1) is 16.6. The van der Waals surface area contributed by atoms with Crippen LogP contribution in [0.2, 0.25) is 0 Å². The van der Waals surface area contributed by atoms with Crippen molar-refractivity contribution in [1.29, 1.82) is 0 Å². The first-order valence-electron chi connectivity index (χ1n) is 7.84. The molecule has 7 heteroatoms. The summed E-state index contributed by atoms with van der Waals surface area (Å²) in [6, 6.07) is 9.71. The van der Waals surface area contributed by atoms with Crippen molar-refractivity contribution < 1.29 is 17.9 Å². The normalized spacial score (nSPS) is 27.0. The Morgan fingerprint density at radius 1 is 1.17 bits per heavy atom. The molecule has 2 aliphatic heterocycles. The van der Waals surface area contributed by atoms with Gasteiger partial charge in [0.15, 0.2) is 0 Å². The standard InChI is InChI=1S/C16H20ClNO4S/c17-23(20,21)11-13-8-14-6-7-15(9-13)18(14)16(19)22-10-12-4-2-1-3-5-12/h1-5,13-15H,6-11H2. The molecule has 0 aromatic heterocycles.